The molecule has 0 saturated carbocycles. The first-order chi connectivity index (χ1) is 14.6. The Morgan fingerprint density at radius 1 is 1.19 bits per heavy atom. The van der Waals surface area contributed by atoms with E-state index in [0.29, 0.717) is 6.54 Å². The maximum Gasteiger partial charge on any atom is 0.410 e. The lowest BCUT2D eigenvalue weighted by atomic mass is 9.79. The number of benzene rings is 1. The summed E-state index contributed by atoms with van der Waals surface area (Å²) in [6.45, 7) is 19.7. The zero-order valence-electron chi connectivity index (χ0n) is 21.1. The topological polar surface area (TPSA) is 54.6 Å². The van der Waals surface area contributed by atoms with E-state index < -0.39 is 19.5 Å². The molecular formula is C26H38N2O3Si. The number of H-pyrrole nitrogens is 1. The van der Waals surface area contributed by atoms with E-state index in [1.807, 2.05) is 25.7 Å². The lowest BCUT2D eigenvalue weighted by Gasteiger charge is -2.50. The molecule has 2 heterocycles. The summed E-state index contributed by atoms with van der Waals surface area (Å²) in [5, 5.41) is 1.33. The molecule has 1 aromatic carbocycles. The lowest BCUT2D eigenvalue weighted by Crippen LogP contribution is -2.59. The Bertz CT molecular complexity index is 1090. The molecule has 1 aromatic heterocycles. The Hall–Kier alpha value is -2.05. The first-order valence-electron chi connectivity index (χ1n) is 11.6. The van der Waals surface area contributed by atoms with Gasteiger partial charge in [-0.25, -0.2) is 4.79 Å². The normalized spacial score (nSPS) is 23.7. The molecule has 0 radical (unpaired) electrons. The van der Waals surface area contributed by atoms with Crippen LogP contribution in [0.25, 0.3) is 16.5 Å². The number of aromatic nitrogens is 1. The van der Waals surface area contributed by atoms with Gasteiger partial charge in [0.25, 0.3) is 0 Å². The van der Waals surface area contributed by atoms with Gasteiger partial charge in [-0.3, -0.25) is 4.90 Å². The van der Waals surface area contributed by atoms with Crippen molar-refractivity contribution in [2.45, 2.75) is 90.3 Å². The molecule has 4 rings (SSSR count). The molecule has 5 nitrogen and oxygen atoms in total. The second-order valence-electron chi connectivity index (χ2n) is 12.1. The van der Waals surface area contributed by atoms with Crippen molar-refractivity contribution in [3.63, 3.8) is 0 Å². The molecule has 0 spiro atoms. The van der Waals surface area contributed by atoms with Crippen molar-refractivity contribution in [3.05, 3.63) is 41.6 Å². The molecule has 32 heavy (non-hydrogen) atoms. The van der Waals surface area contributed by atoms with Gasteiger partial charge >= 0.3 is 6.09 Å². The summed E-state index contributed by atoms with van der Waals surface area (Å²) >= 11 is 0. The maximum absolute atomic E-state index is 13.4. The molecule has 2 aliphatic rings. The third-order valence-electron chi connectivity index (χ3n) is 7.11. The predicted octanol–water partition coefficient (Wildman–Crippen LogP) is 6.51. The third-order valence-corrected chi connectivity index (χ3v) is 11.7. The molecule has 174 valence electrons. The van der Waals surface area contributed by atoms with E-state index >= 15 is 0 Å². The number of nitrogens with zero attached hydrogens (tertiary/aromatic N) is 1. The molecule has 0 bridgehead atoms. The van der Waals surface area contributed by atoms with Gasteiger partial charge in [0.1, 0.15) is 5.60 Å². The van der Waals surface area contributed by atoms with E-state index in [1.54, 1.807) is 0 Å². The molecule has 0 saturated heterocycles. The van der Waals surface area contributed by atoms with E-state index in [4.69, 9.17) is 9.16 Å². The van der Waals surface area contributed by atoms with Crippen molar-refractivity contribution in [1.29, 1.82) is 0 Å². The van der Waals surface area contributed by atoms with Crippen LogP contribution in [-0.4, -0.2) is 48.1 Å². The van der Waals surface area contributed by atoms with Crippen LogP contribution in [0.5, 0.6) is 0 Å². The predicted molar refractivity (Wildman–Crippen MR) is 133 cm³/mol. The molecule has 1 N–H and O–H groups in total. The van der Waals surface area contributed by atoms with Crippen LogP contribution in [0.15, 0.2) is 30.5 Å². The number of carbonyl (C=O) groups is 1. The fourth-order valence-electron chi connectivity index (χ4n) is 4.74. The van der Waals surface area contributed by atoms with E-state index in [-0.39, 0.29) is 17.2 Å². The van der Waals surface area contributed by atoms with Crippen molar-refractivity contribution in [3.8, 4) is 0 Å². The summed E-state index contributed by atoms with van der Waals surface area (Å²) in [5.74, 6) is 0. The highest BCUT2D eigenvalue weighted by Gasteiger charge is 2.48. The monoisotopic (exact) mass is 454 g/mol. The summed E-state index contributed by atoms with van der Waals surface area (Å²) in [6, 6.07) is 6.31. The number of aromatic amines is 1. The van der Waals surface area contributed by atoms with Crippen LogP contribution in [0.2, 0.25) is 18.1 Å². The Kier molecular flexibility index (Phi) is 5.22. The molecule has 1 aliphatic carbocycles. The van der Waals surface area contributed by atoms with Gasteiger partial charge in [-0.15, -0.1) is 0 Å². The summed E-state index contributed by atoms with van der Waals surface area (Å²) < 4.78 is 12.8. The van der Waals surface area contributed by atoms with Crippen molar-refractivity contribution in [2.75, 3.05) is 6.54 Å². The number of hydrogen-bond acceptors (Lipinski definition) is 3. The second-order valence-corrected chi connectivity index (χ2v) is 16.9. The summed E-state index contributed by atoms with van der Waals surface area (Å²) in [7, 11) is -2.08. The highest BCUT2D eigenvalue weighted by Crippen LogP contribution is 2.46. The van der Waals surface area contributed by atoms with Gasteiger partial charge in [0, 0.05) is 17.1 Å². The Morgan fingerprint density at radius 3 is 2.50 bits per heavy atom. The number of amides is 1. The lowest BCUT2D eigenvalue weighted by molar-refractivity contribution is -0.00236. The van der Waals surface area contributed by atoms with Gasteiger partial charge in [-0.05, 0) is 81.1 Å². The van der Waals surface area contributed by atoms with Crippen molar-refractivity contribution >= 4 is 30.9 Å². The minimum absolute atomic E-state index is 0.0603. The van der Waals surface area contributed by atoms with Gasteiger partial charge in [0.05, 0.1) is 18.2 Å². The molecule has 6 heteroatoms. The van der Waals surface area contributed by atoms with Crippen molar-refractivity contribution in [1.82, 2.24) is 9.88 Å². The summed E-state index contributed by atoms with van der Waals surface area (Å²) in [4.78, 5) is 18.7. The van der Waals surface area contributed by atoms with Gasteiger partial charge in [0.15, 0.2) is 8.32 Å². The zero-order valence-corrected chi connectivity index (χ0v) is 22.1. The minimum atomic E-state index is -2.08. The van der Waals surface area contributed by atoms with Crippen LogP contribution in [-0.2, 0) is 15.6 Å². The van der Waals surface area contributed by atoms with Crippen LogP contribution < -0.4 is 0 Å². The van der Waals surface area contributed by atoms with Crippen LogP contribution in [0.4, 0.5) is 4.79 Å². The fourth-order valence-corrected chi connectivity index (χ4v) is 6.34. The standard InChI is InChI=1S/C26H38N2O3Si/c1-24(2,3)30-23(29)28-16-26(7,31-32(8,9)25(4,5)6)14-19-18-11-10-12-20-22(18)17(15-27-20)13-21(19)28/h10-12,14-15,21,27H,13,16H2,1-9H3/t21-,26+/m1/s1. The van der Waals surface area contributed by atoms with Gasteiger partial charge in [-0.1, -0.05) is 32.9 Å². The van der Waals surface area contributed by atoms with E-state index in [0.717, 1.165) is 11.9 Å². The quantitative estimate of drug-likeness (QED) is 0.526. The van der Waals surface area contributed by atoms with Crippen LogP contribution in [0.1, 0.15) is 59.6 Å². The number of ether oxygens (including phenoxy) is 1. The molecule has 0 fully saturated rings. The number of carbonyl (C=O) groups excluding carboxylic acids is 1. The maximum atomic E-state index is 13.4. The van der Waals surface area contributed by atoms with Gasteiger partial charge in [-0.2, -0.15) is 0 Å². The summed E-state index contributed by atoms with van der Waals surface area (Å²) in [6.07, 6.45) is 4.88. The van der Waals surface area contributed by atoms with Crippen molar-refractivity contribution in [2.24, 2.45) is 0 Å². The molecule has 0 unspecified atom stereocenters. The van der Waals surface area contributed by atoms with E-state index in [9.17, 15) is 4.79 Å². The van der Waals surface area contributed by atoms with Gasteiger partial charge in [0.2, 0.25) is 0 Å². The number of fused-ring (bicyclic) bond motifs is 2. The Balaban J connectivity index is 1.83. The highest BCUT2D eigenvalue weighted by molar-refractivity contribution is 6.74. The zero-order chi connectivity index (χ0) is 23.7. The minimum Gasteiger partial charge on any atom is -0.444 e. The van der Waals surface area contributed by atoms with Crippen molar-refractivity contribution < 1.29 is 14.0 Å². The third kappa shape index (κ3) is 4.03. The van der Waals surface area contributed by atoms with Crippen LogP contribution >= 0.6 is 0 Å². The van der Waals surface area contributed by atoms with Crippen LogP contribution in [0, 0.1) is 0 Å². The molecular weight excluding hydrogens is 416 g/mol. The molecule has 1 aliphatic heterocycles. The number of nitrogens with one attached hydrogen (secondary N) is 1. The Morgan fingerprint density at radius 2 is 1.88 bits per heavy atom. The molecule has 2 atom stereocenters. The van der Waals surface area contributed by atoms with Gasteiger partial charge < -0.3 is 14.1 Å². The largest absolute Gasteiger partial charge is 0.444 e. The smallest absolute Gasteiger partial charge is 0.410 e. The average Bonchev–Trinajstić information content (AvgIpc) is 3.03. The number of hydrogen-bond donors (Lipinski definition) is 1. The molecule has 2 aromatic rings. The van der Waals surface area contributed by atoms with E-state index in [2.05, 4.69) is 76.2 Å². The van der Waals surface area contributed by atoms with Crippen LogP contribution in [0.3, 0.4) is 0 Å². The average molecular weight is 455 g/mol. The highest BCUT2D eigenvalue weighted by atomic mass is 28.4. The SMILES string of the molecule is CC(C)(C)OC(=O)N1C[C@@](C)(O[Si](C)(C)C(C)(C)C)C=C2c3cccc4[nH]cc(c34)C[C@H]21. The second kappa shape index (κ2) is 7.22. The first kappa shape index (κ1) is 23.1. The number of rotatable bonds is 2. The Labute approximate surface area is 193 Å². The first-order valence-corrected chi connectivity index (χ1v) is 14.5. The summed E-state index contributed by atoms with van der Waals surface area (Å²) in [5.41, 5.74) is 3.61. The van der Waals surface area contributed by atoms with E-state index in [1.165, 1.54) is 22.1 Å². The fraction of sp³-hybridized carbons (Fsp3) is 0.577. The molecule has 1 amide bonds.